The number of halogens is 1. The molecule has 4 nitrogen and oxygen atoms in total. The quantitative estimate of drug-likeness (QED) is 0.846. The molecule has 0 atom stereocenters. The second kappa shape index (κ2) is 5.20. The van der Waals surface area contributed by atoms with Crippen molar-refractivity contribution >= 4 is 23.2 Å². The van der Waals surface area contributed by atoms with Crippen molar-refractivity contribution in [3.8, 4) is 11.5 Å². The molecular weight excluding hydrogens is 264 g/mol. The van der Waals surface area contributed by atoms with Gasteiger partial charge >= 0.3 is 0 Å². The van der Waals surface area contributed by atoms with Crippen LogP contribution in [-0.2, 0) is 0 Å². The summed E-state index contributed by atoms with van der Waals surface area (Å²) in [5.41, 5.74) is 12.5. The van der Waals surface area contributed by atoms with Crippen LogP contribution in [0.25, 0.3) is 0 Å². The molecule has 2 aromatic carbocycles. The van der Waals surface area contributed by atoms with Gasteiger partial charge in [0.05, 0.1) is 11.3 Å². The van der Waals surface area contributed by atoms with Crippen LogP contribution >= 0.6 is 11.6 Å². The number of para-hydroxylation sites is 1. The van der Waals surface area contributed by atoms with Crippen LogP contribution < -0.4 is 16.2 Å². The number of aryl methyl sites for hydroxylation is 1. The molecule has 0 spiro atoms. The summed E-state index contributed by atoms with van der Waals surface area (Å²) in [7, 11) is 0. The summed E-state index contributed by atoms with van der Waals surface area (Å²) in [6.45, 7) is 1.89. The normalized spacial score (nSPS) is 10.2. The predicted octanol–water partition coefficient (Wildman–Crippen LogP) is 3.12. The zero-order chi connectivity index (χ0) is 14.0. The van der Waals surface area contributed by atoms with Crippen LogP contribution in [-0.4, -0.2) is 5.91 Å². The fraction of sp³-hybridized carbons (Fsp3) is 0.0714. The zero-order valence-electron chi connectivity index (χ0n) is 10.3. The minimum absolute atomic E-state index is 0.217. The molecule has 0 saturated heterocycles. The van der Waals surface area contributed by atoms with Crippen LogP contribution in [0.3, 0.4) is 0 Å². The largest absolute Gasteiger partial charge is 0.455 e. The van der Waals surface area contributed by atoms with Gasteiger partial charge in [-0.25, -0.2) is 0 Å². The van der Waals surface area contributed by atoms with E-state index in [2.05, 4.69) is 0 Å². The average Bonchev–Trinajstić information content (AvgIpc) is 2.36. The van der Waals surface area contributed by atoms with Crippen LogP contribution in [0.4, 0.5) is 5.69 Å². The fourth-order valence-electron chi connectivity index (χ4n) is 1.65. The Morgan fingerprint density at radius 2 is 1.95 bits per heavy atom. The SMILES string of the molecule is Cc1ccc(Cl)cc1Oc1cccc(C(N)=O)c1N. The van der Waals surface area contributed by atoms with Crippen molar-refractivity contribution in [2.75, 3.05) is 5.73 Å². The summed E-state index contributed by atoms with van der Waals surface area (Å²) in [6, 6.07) is 10.2. The second-order valence-corrected chi connectivity index (χ2v) is 4.53. The van der Waals surface area contributed by atoms with Crippen molar-refractivity contribution in [2.45, 2.75) is 6.92 Å². The summed E-state index contributed by atoms with van der Waals surface area (Å²) in [6.07, 6.45) is 0. The third-order valence-electron chi connectivity index (χ3n) is 2.70. The molecule has 19 heavy (non-hydrogen) atoms. The van der Waals surface area contributed by atoms with E-state index in [9.17, 15) is 4.79 Å². The van der Waals surface area contributed by atoms with Gasteiger partial charge in [-0.3, -0.25) is 4.79 Å². The smallest absolute Gasteiger partial charge is 0.250 e. The van der Waals surface area contributed by atoms with Crippen molar-refractivity contribution in [1.82, 2.24) is 0 Å². The van der Waals surface area contributed by atoms with Gasteiger partial charge in [-0.05, 0) is 36.8 Å². The molecule has 0 heterocycles. The summed E-state index contributed by atoms with van der Waals surface area (Å²) in [5, 5.41) is 0.560. The van der Waals surface area contributed by atoms with E-state index in [0.29, 0.717) is 16.5 Å². The lowest BCUT2D eigenvalue weighted by Gasteiger charge is -2.12. The Kier molecular flexibility index (Phi) is 3.62. The number of rotatable bonds is 3. The average molecular weight is 277 g/mol. The van der Waals surface area contributed by atoms with Gasteiger partial charge in [-0.15, -0.1) is 0 Å². The first-order valence-electron chi connectivity index (χ1n) is 5.61. The van der Waals surface area contributed by atoms with Crippen LogP contribution in [0.1, 0.15) is 15.9 Å². The fourth-order valence-corrected chi connectivity index (χ4v) is 1.81. The molecule has 0 saturated carbocycles. The van der Waals surface area contributed by atoms with Gasteiger partial charge in [0.25, 0.3) is 5.91 Å². The number of nitrogens with two attached hydrogens (primary N) is 2. The second-order valence-electron chi connectivity index (χ2n) is 4.09. The Morgan fingerprint density at radius 3 is 2.63 bits per heavy atom. The summed E-state index contributed by atoms with van der Waals surface area (Å²) in [4.78, 5) is 11.2. The van der Waals surface area contributed by atoms with Crippen molar-refractivity contribution in [2.24, 2.45) is 5.73 Å². The lowest BCUT2D eigenvalue weighted by atomic mass is 10.1. The number of carbonyl (C=O) groups is 1. The van der Waals surface area contributed by atoms with Gasteiger partial charge in [-0.1, -0.05) is 23.7 Å². The predicted molar refractivity (Wildman–Crippen MR) is 75.6 cm³/mol. The molecule has 4 N–H and O–H groups in total. The lowest BCUT2D eigenvalue weighted by Crippen LogP contribution is -2.13. The molecule has 0 unspecified atom stereocenters. The maximum Gasteiger partial charge on any atom is 0.250 e. The first-order chi connectivity index (χ1) is 8.99. The number of primary amides is 1. The van der Waals surface area contributed by atoms with E-state index in [0.717, 1.165) is 5.56 Å². The van der Waals surface area contributed by atoms with Gasteiger partial charge in [0, 0.05) is 5.02 Å². The van der Waals surface area contributed by atoms with Crippen molar-refractivity contribution in [3.63, 3.8) is 0 Å². The molecule has 0 aromatic heterocycles. The number of hydrogen-bond acceptors (Lipinski definition) is 3. The highest BCUT2D eigenvalue weighted by molar-refractivity contribution is 6.30. The summed E-state index contributed by atoms with van der Waals surface area (Å²) < 4.78 is 5.69. The van der Waals surface area contributed by atoms with E-state index in [-0.39, 0.29) is 11.3 Å². The van der Waals surface area contributed by atoms with Gasteiger partial charge in [0.1, 0.15) is 5.75 Å². The maximum absolute atomic E-state index is 11.2. The molecule has 0 aliphatic carbocycles. The van der Waals surface area contributed by atoms with Gasteiger partial charge < -0.3 is 16.2 Å². The van der Waals surface area contributed by atoms with E-state index < -0.39 is 5.91 Å². The molecule has 1 amide bonds. The maximum atomic E-state index is 11.2. The van der Waals surface area contributed by atoms with Crippen molar-refractivity contribution < 1.29 is 9.53 Å². The van der Waals surface area contributed by atoms with E-state index in [4.69, 9.17) is 27.8 Å². The number of anilines is 1. The van der Waals surface area contributed by atoms with E-state index in [1.807, 2.05) is 13.0 Å². The van der Waals surface area contributed by atoms with E-state index >= 15 is 0 Å². The number of benzene rings is 2. The molecule has 5 heteroatoms. The molecule has 2 rings (SSSR count). The van der Waals surface area contributed by atoms with Crippen LogP contribution in [0, 0.1) is 6.92 Å². The Morgan fingerprint density at radius 1 is 1.21 bits per heavy atom. The molecule has 0 bridgehead atoms. The molecule has 0 radical (unpaired) electrons. The van der Waals surface area contributed by atoms with Crippen LogP contribution in [0.5, 0.6) is 11.5 Å². The van der Waals surface area contributed by atoms with Crippen LogP contribution in [0.15, 0.2) is 36.4 Å². The Labute approximate surface area is 115 Å². The van der Waals surface area contributed by atoms with Crippen molar-refractivity contribution in [1.29, 1.82) is 0 Å². The minimum Gasteiger partial charge on any atom is -0.455 e. The number of hydrogen-bond donors (Lipinski definition) is 2. The third-order valence-corrected chi connectivity index (χ3v) is 2.94. The first kappa shape index (κ1) is 13.2. The minimum atomic E-state index is -0.592. The zero-order valence-corrected chi connectivity index (χ0v) is 11.1. The first-order valence-corrected chi connectivity index (χ1v) is 5.99. The highest BCUT2D eigenvalue weighted by Crippen LogP contribution is 2.32. The Balaban J connectivity index is 2.41. The Hall–Kier alpha value is -2.20. The summed E-state index contributed by atoms with van der Waals surface area (Å²) >= 11 is 5.92. The van der Waals surface area contributed by atoms with E-state index in [1.54, 1.807) is 30.3 Å². The van der Waals surface area contributed by atoms with Crippen LogP contribution in [0.2, 0.25) is 5.02 Å². The molecule has 98 valence electrons. The number of nitrogen functional groups attached to an aromatic ring is 1. The Bertz CT molecular complexity index is 641. The van der Waals surface area contributed by atoms with Gasteiger partial charge in [0.2, 0.25) is 0 Å². The van der Waals surface area contributed by atoms with Gasteiger partial charge in [0.15, 0.2) is 5.75 Å². The topological polar surface area (TPSA) is 78.3 Å². The molecule has 0 aliphatic heterocycles. The molecule has 0 fully saturated rings. The third kappa shape index (κ3) is 2.80. The highest BCUT2D eigenvalue weighted by Gasteiger charge is 2.12. The monoisotopic (exact) mass is 276 g/mol. The number of carbonyl (C=O) groups excluding carboxylic acids is 1. The number of amides is 1. The standard InChI is InChI=1S/C14H13ClN2O2/c1-8-5-6-9(15)7-12(8)19-11-4-2-3-10(13(11)16)14(17)18/h2-7H,16H2,1H3,(H2,17,18). The van der Waals surface area contributed by atoms with Crippen molar-refractivity contribution in [3.05, 3.63) is 52.5 Å². The molecule has 2 aromatic rings. The summed E-state index contributed by atoms with van der Waals surface area (Å²) in [5.74, 6) is 0.369. The lowest BCUT2D eigenvalue weighted by molar-refractivity contribution is 0.100. The van der Waals surface area contributed by atoms with E-state index in [1.165, 1.54) is 0 Å². The number of ether oxygens (including phenoxy) is 1. The molecular formula is C14H13ClN2O2. The van der Waals surface area contributed by atoms with Gasteiger partial charge in [-0.2, -0.15) is 0 Å². The molecule has 0 aliphatic rings. The highest BCUT2D eigenvalue weighted by atomic mass is 35.5.